The lowest BCUT2D eigenvalue weighted by atomic mass is 9.65. The predicted octanol–water partition coefficient (Wildman–Crippen LogP) is 8.71. The van der Waals surface area contributed by atoms with Crippen LogP contribution in [0.25, 0.3) is 11.1 Å². The number of para-hydroxylation sites is 1. The minimum absolute atomic E-state index is 0.422. The van der Waals surface area contributed by atoms with E-state index in [-0.39, 0.29) is 0 Å². The van der Waals surface area contributed by atoms with E-state index in [1.54, 1.807) is 0 Å². The zero-order valence-corrected chi connectivity index (χ0v) is 19.7. The Morgan fingerprint density at radius 2 is 1.38 bits per heavy atom. The molecule has 3 atom stereocenters. The predicted molar refractivity (Wildman–Crippen MR) is 137 cm³/mol. The molecule has 1 heterocycles. The van der Waals surface area contributed by atoms with Crippen molar-refractivity contribution in [2.24, 2.45) is 11.8 Å². The Morgan fingerprint density at radius 3 is 2.06 bits per heavy atom. The number of hydrogen-bond donors (Lipinski definition) is 0. The minimum atomic E-state index is -0.422. The number of ether oxygens (including phenoxy) is 1. The van der Waals surface area contributed by atoms with E-state index in [1.807, 2.05) is 0 Å². The van der Waals surface area contributed by atoms with Crippen LogP contribution in [0.15, 0.2) is 84.9 Å². The van der Waals surface area contributed by atoms with E-state index in [0.29, 0.717) is 5.92 Å². The summed E-state index contributed by atoms with van der Waals surface area (Å²) in [6.45, 7) is 0. The number of halogens is 1. The van der Waals surface area contributed by atoms with Crippen LogP contribution in [0.4, 0.5) is 0 Å². The summed E-state index contributed by atoms with van der Waals surface area (Å²) in [5.74, 6) is 4.18. The van der Waals surface area contributed by atoms with Gasteiger partial charge in [0.05, 0.1) is 5.41 Å². The van der Waals surface area contributed by atoms with Crippen LogP contribution in [0.3, 0.4) is 0 Å². The summed E-state index contributed by atoms with van der Waals surface area (Å²) in [6, 6.07) is 30.8. The van der Waals surface area contributed by atoms with Gasteiger partial charge in [-0.3, -0.25) is 0 Å². The molecular formula is C32H25ClO. The van der Waals surface area contributed by atoms with E-state index in [4.69, 9.17) is 16.3 Å². The highest BCUT2D eigenvalue weighted by molar-refractivity contribution is 6.30. The molecule has 0 aromatic heterocycles. The third-order valence-electron chi connectivity index (χ3n) is 9.08. The Kier molecular flexibility index (Phi) is 3.84. The highest BCUT2D eigenvalue weighted by Gasteiger charge is 2.52. The van der Waals surface area contributed by atoms with E-state index >= 15 is 0 Å². The monoisotopic (exact) mass is 460 g/mol. The van der Waals surface area contributed by atoms with Crippen molar-refractivity contribution >= 4 is 11.6 Å². The summed E-state index contributed by atoms with van der Waals surface area (Å²) < 4.78 is 6.84. The molecule has 3 unspecified atom stereocenters. The SMILES string of the molecule is Clc1cc(C2CC3CCC2C3)c2c(c1)C1(c3ccccc3O2)c2ccccc2-c2ccccc21. The molecule has 1 spiro atoms. The molecule has 0 amide bonds. The quantitative estimate of drug-likeness (QED) is 0.238. The maximum atomic E-state index is 6.95. The lowest BCUT2D eigenvalue weighted by Gasteiger charge is -2.41. The Morgan fingerprint density at radius 1 is 0.706 bits per heavy atom. The van der Waals surface area contributed by atoms with E-state index in [1.165, 1.54) is 64.6 Å². The highest BCUT2D eigenvalue weighted by atomic mass is 35.5. The van der Waals surface area contributed by atoms with E-state index in [9.17, 15) is 0 Å². The summed E-state index contributed by atoms with van der Waals surface area (Å²) in [5.41, 5.74) is 8.59. The largest absolute Gasteiger partial charge is 0.456 e. The molecule has 0 saturated heterocycles. The third kappa shape index (κ3) is 2.31. The standard InChI is InChI=1S/C32H25ClO/c33-21-17-25(24-16-19-13-14-20(24)15-19)31-29(18-21)32(28-11-5-6-12-30(28)34-31)26-9-3-1-7-22(26)23-8-2-4-10-27(23)32/h1-12,17-20,24H,13-16H2. The summed E-state index contributed by atoms with van der Waals surface area (Å²) >= 11 is 6.95. The van der Waals surface area contributed by atoms with Gasteiger partial charge < -0.3 is 4.74 Å². The average molecular weight is 461 g/mol. The van der Waals surface area contributed by atoms with Crippen LogP contribution in [0.2, 0.25) is 5.02 Å². The molecule has 2 fully saturated rings. The van der Waals surface area contributed by atoms with Crippen molar-refractivity contribution in [1.29, 1.82) is 0 Å². The van der Waals surface area contributed by atoms with Crippen molar-refractivity contribution in [2.45, 2.75) is 37.0 Å². The molecular weight excluding hydrogens is 436 g/mol. The summed E-state index contributed by atoms with van der Waals surface area (Å²) in [7, 11) is 0. The normalized spacial score (nSPS) is 24.3. The van der Waals surface area contributed by atoms with Gasteiger partial charge in [-0.25, -0.2) is 0 Å². The summed E-state index contributed by atoms with van der Waals surface area (Å²) in [6.07, 6.45) is 5.35. The van der Waals surface area contributed by atoms with Gasteiger partial charge >= 0.3 is 0 Å². The van der Waals surface area contributed by atoms with Crippen LogP contribution >= 0.6 is 11.6 Å². The van der Waals surface area contributed by atoms with Gasteiger partial charge in [0, 0.05) is 16.1 Å². The highest BCUT2D eigenvalue weighted by Crippen LogP contribution is 2.64. The zero-order chi connectivity index (χ0) is 22.4. The molecule has 4 aromatic rings. The minimum Gasteiger partial charge on any atom is -0.456 e. The van der Waals surface area contributed by atoms with E-state index in [2.05, 4.69) is 84.9 Å². The maximum absolute atomic E-state index is 6.95. The van der Waals surface area contributed by atoms with Gasteiger partial charge in [-0.1, -0.05) is 84.8 Å². The van der Waals surface area contributed by atoms with Crippen LogP contribution in [0.5, 0.6) is 11.5 Å². The lowest BCUT2D eigenvalue weighted by molar-refractivity contribution is 0.387. The number of hydrogen-bond acceptors (Lipinski definition) is 1. The van der Waals surface area contributed by atoms with E-state index in [0.717, 1.165) is 28.4 Å². The molecule has 4 aromatic carbocycles. The maximum Gasteiger partial charge on any atom is 0.135 e. The number of rotatable bonds is 1. The molecule has 2 bridgehead atoms. The fraction of sp³-hybridized carbons (Fsp3) is 0.250. The first kappa shape index (κ1) is 19.3. The topological polar surface area (TPSA) is 9.23 Å². The number of benzene rings is 4. The molecule has 3 aliphatic carbocycles. The van der Waals surface area contributed by atoms with Gasteiger partial charge in [-0.15, -0.1) is 0 Å². The lowest BCUT2D eigenvalue weighted by Crippen LogP contribution is -2.33. The Balaban J connectivity index is 1.50. The second kappa shape index (κ2) is 6.77. The molecule has 34 heavy (non-hydrogen) atoms. The Labute approximate surface area is 205 Å². The van der Waals surface area contributed by atoms with Crippen molar-refractivity contribution in [1.82, 2.24) is 0 Å². The second-order valence-electron chi connectivity index (χ2n) is 10.6. The molecule has 4 aliphatic rings. The summed E-state index contributed by atoms with van der Waals surface area (Å²) in [4.78, 5) is 0. The summed E-state index contributed by atoms with van der Waals surface area (Å²) in [5, 5.41) is 0.820. The van der Waals surface area contributed by atoms with Crippen LogP contribution in [-0.4, -0.2) is 0 Å². The molecule has 2 heteroatoms. The molecule has 2 saturated carbocycles. The molecule has 8 rings (SSSR count). The van der Waals surface area contributed by atoms with Crippen LogP contribution in [0, 0.1) is 11.8 Å². The number of fused-ring (bicyclic) bond motifs is 11. The van der Waals surface area contributed by atoms with Crippen LogP contribution in [-0.2, 0) is 5.41 Å². The Hall–Kier alpha value is -3.03. The van der Waals surface area contributed by atoms with Crippen molar-refractivity contribution in [3.63, 3.8) is 0 Å². The first-order valence-corrected chi connectivity index (χ1v) is 12.9. The first-order valence-electron chi connectivity index (χ1n) is 12.6. The third-order valence-corrected chi connectivity index (χ3v) is 9.30. The van der Waals surface area contributed by atoms with Gasteiger partial charge in [-0.2, -0.15) is 0 Å². The molecule has 0 radical (unpaired) electrons. The fourth-order valence-electron chi connectivity index (χ4n) is 7.84. The first-order chi connectivity index (χ1) is 16.7. The molecule has 0 N–H and O–H groups in total. The van der Waals surface area contributed by atoms with Crippen molar-refractivity contribution in [3.05, 3.63) is 118 Å². The molecule has 1 aliphatic heterocycles. The smallest absolute Gasteiger partial charge is 0.135 e. The van der Waals surface area contributed by atoms with Crippen molar-refractivity contribution < 1.29 is 4.74 Å². The zero-order valence-electron chi connectivity index (χ0n) is 18.9. The van der Waals surface area contributed by atoms with Gasteiger partial charge in [0.1, 0.15) is 11.5 Å². The van der Waals surface area contributed by atoms with Gasteiger partial charge in [-0.05, 0) is 83.0 Å². The van der Waals surface area contributed by atoms with Crippen LogP contribution in [0.1, 0.15) is 59.4 Å². The molecule has 166 valence electrons. The second-order valence-corrected chi connectivity index (χ2v) is 11.0. The van der Waals surface area contributed by atoms with Crippen molar-refractivity contribution in [3.8, 4) is 22.6 Å². The van der Waals surface area contributed by atoms with Gasteiger partial charge in [0.15, 0.2) is 0 Å². The molecule has 1 nitrogen and oxygen atoms in total. The van der Waals surface area contributed by atoms with Gasteiger partial charge in [0.25, 0.3) is 0 Å². The fourth-order valence-corrected chi connectivity index (χ4v) is 8.07. The van der Waals surface area contributed by atoms with Crippen molar-refractivity contribution in [2.75, 3.05) is 0 Å². The Bertz CT molecular complexity index is 1440. The van der Waals surface area contributed by atoms with E-state index < -0.39 is 5.41 Å². The van der Waals surface area contributed by atoms with Crippen LogP contribution < -0.4 is 4.74 Å². The van der Waals surface area contributed by atoms with Gasteiger partial charge in [0.2, 0.25) is 0 Å². The average Bonchev–Trinajstić information content (AvgIpc) is 3.58.